The summed E-state index contributed by atoms with van der Waals surface area (Å²) >= 11 is 1.80. The van der Waals surface area contributed by atoms with Gasteiger partial charge in [-0.15, -0.1) is 11.3 Å². The summed E-state index contributed by atoms with van der Waals surface area (Å²) in [5.41, 5.74) is 3.38. The largest absolute Gasteiger partial charge is 0.571 e. The van der Waals surface area contributed by atoms with Crippen LogP contribution in [0.1, 0.15) is 0 Å². The molecule has 1 radical (unpaired) electrons. The summed E-state index contributed by atoms with van der Waals surface area (Å²) in [5, 5.41) is 14.0. The van der Waals surface area contributed by atoms with Crippen molar-refractivity contribution in [1.82, 2.24) is 9.97 Å². The van der Waals surface area contributed by atoms with Gasteiger partial charge >= 0.3 is 13.7 Å². The molecule has 0 spiro atoms. The van der Waals surface area contributed by atoms with E-state index in [1.54, 1.807) is 11.3 Å². The number of rotatable bonds is 4. The van der Waals surface area contributed by atoms with Gasteiger partial charge < -0.3 is 9.68 Å². The first-order valence-electron chi connectivity index (χ1n) is 10.2. The van der Waals surface area contributed by atoms with Crippen molar-refractivity contribution in [3.63, 3.8) is 0 Å². The monoisotopic (exact) mass is 431 g/mol. The predicted molar refractivity (Wildman–Crippen MR) is 132 cm³/mol. The fourth-order valence-electron chi connectivity index (χ4n) is 4.05. The molecule has 4 nitrogen and oxygen atoms in total. The lowest BCUT2D eigenvalue weighted by Gasteiger charge is -2.09. The zero-order valence-corrected chi connectivity index (χ0v) is 17.7. The van der Waals surface area contributed by atoms with E-state index in [0.29, 0.717) is 7.69 Å². The van der Waals surface area contributed by atoms with Crippen molar-refractivity contribution in [1.29, 1.82) is 0 Å². The number of aromatic nitrogens is 2. The Bertz CT molecular complexity index is 1600. The van der Waals surface area contributed by atoms with Gasteiger partial charge in [0.15, 0.2) is 0 Å². The second-order valence-corrected chi connectivity index (χ2v) is 8.60. The fourth-order valence-corrected chi connectivity index (χ4v) is 5.17. The fraction of sp³-hybridized carbons (Fsp3) is 0. The zero-order chi connectivity index (χ0) is 21.5. The van der Waals surface area contributed by atoms with Crippen LogP contribution in [0.15, 0.2) is 91.0 Å². The van der Waals surface area contributed by atoms with Crippen LogP contribution in [0, 0.1) is 0 Å². The molecule has 0 bridgehead atoms. The molecule has 1 N–H and O–H groups in total. The molecular formula is C26H16BN2O2S. The molecule has 0 aliphatic carbocycles. The Morgan fingerprint density at radius 2 is 1.34 bits per heavy atom. The lowest BCUT2D eigenvalue weighted by molar-refractivity contribution is 0.431. The molecule has 0 saturated heterocycles. The Morgan fingerprint density at radius 3 is 2.12 bits per heavy atom. The molecule has 2 heterocycles. The highest BCUT2D eigenvalue weighted by Crippen LogP contribution is 2.38. The average Bonchev–Trinajstić information content (AvgIpc) is 3.20. The molecule has 0 aliphatic heterocycles. The van der Waals surface area contributed by atoms with Gasteiger partial charge in [-0.05, 0) is 41.1 Å². The summed E-state index contributed by atoms with van der Waals surface area (Å²) in [6, 6.07) is 31.3. The van der Waals surface area contributed by atoms with Gasteiger partial charge in [-0.25, -0.2) is 0 Å². The third-order valence-corrected chi connectivity index (χ3v) is 6.70. The molecule has 6 heteroatoms. The van der Waals surface area contributed by atoms with Crippen LogP contribution in [-0.2, 0) is 0 Å². The summed E-state index contributed by atoms with van der Waals surface area (Å²) in [6.45, 7) is 0. The molecule has 0 amide bonds. The van der Waals surface area contributed by atoms with Crippen molar-refractivity contribution in [3.05, 3.63) is 91.0 Å². The summed E-state index contributed by atoms with van der Waals surface area (Å²) < 4.78 is 7.63. The Hall–Kier alpha value is -3.74. The van der Waals surface area contributed by atoms with E-state index in [1.165, 1.54) is 30.9 Å². The summed E-state index contributed by atoms with van der Waals surface area (Å²) in [4.78, 5) is 8.95. The number of hydrogen-bond donors (Lipinski definition) is 1. The third kappa shape index (κ3) is 3.30. The van der Waals surface area contributed by atoms with Crippen molar-refractivity contribution in [2.24, 2.45) is 0 Å². The highest BCUT2D eigenvalue weighted by atomic mass is 32.1. The number of fused-ring (bicyclic) bond motifs is 4. The van der Waals surface area contributed by atoms with Gasteiger partial charge in [0.1, 0.15) is 0 Å². The molecule has 0 fully saturated rings. The number of thiophene rings is 1. The van der Waals surface area contributed by atoms with Gasteiger partial charge in [0.05, 0.1) is 11.4 Å². The Morgan fingerprint density at radius 1 is 0.656 bits per heavy atom. The first-order valence-corrected chi connectivity index (χ1v) is 11.0. The highest BCUT2D eigenvalue weighted by molar-refractivity contribution is 7.25. The van der Waals surface area contributed by atoms with E-state index in [1.807, 2.05) is 36.4 Å². The number of benzene rings is 4. The SMILES string of the molecule is O[B]Oc1nc(-c2ccccc2)cc(-c2ccc3sc4cc5ccccc5cc4c3c2)n1. The summed E-state index contributed by atoms with van der Waals surface area (Å²) in [7, 11) is 0.606. The molecule has 0 saturated carbocycles. The molecule has 0 aliphatic rings. The van der Waals surface area contributed by atoms with E-state index in [-0.39, 0.29) is 6.01 Å². The van der Waals surface area contributed by atoms with Crippen LogP contribution < -0.4 is 4.65 Å². The van der Waals surface area contributed by atoms with E-state index in [9.17, 15) is 0 Å². The molecule has 0 unspecified atom stereocenters. The second-order valence-electron chi connectivity index (χ2n) is 7.52. The van der Waals surface area contributed by atoms with Crippen LogP contribution in [0.5, 0.6) is 6.01 Å². The van der Waals surface area contributed by atoms with E-state index in [0.717, 1.165) is 22.5 Å². The van der Waals surface area contributed by atoms with Crippen molar-refractivity contribution in [2.45, 2.75) is 0 Å². The van der Waals surface area contributed by atoms with Gasteiger partial charge in [-0.3, -0.25) is 0 Å². The average molecular weight is 431 g/mol. The predicted octanol–water partition coefficient (Wildman–Crippen LogP) is 6.24. The van der Waals surface area contributed by atoms with E-state index >= 15 is 0 Å². The highest BCUT2D eigenvalue weighted by Gasteiger charge is 2.13. The third-order valence-electron chi connectivity index (χ3n) is 5.57. The van der Waals surface area contributed by atoms with Crippen molar-refractivity contribution >= 4 is 50.0 Å². The lowest BCUT2D eigenvalue weighted by Crippen LogP contribution is -2.05. The second kappa shape index (κ2) is 7.75. The molecule has 2 aromatic heterocycles. The van der Waals surface area contributed by atoms with Gasteiger partial charge in [0.25, 0.3) is 0 Å². The minimum atomic E-state index is 0.102. The lowest BCUT2D eigenvalue weighted by atomic mass is 10.0. The Labute approximate surface area is 189 Å². The summed E-state index contributed by atoms with van der Waals surface area (Å²) in [6.07, 6.45) is 0. The smallest absolute Gasteiger partial charge is 0.509 e. The van der Waals surface area contributed by atoms with Gasteiger partial charge in [-0.2, -0.15) is 9.97 Å². The normalized spacial score (nSPS) is 11.3. The van der Waals surface area contributed by atoms with Crippen LogP contribution in [0.3, 0.4) is 0 Å². The molecule has 151 valence electrons. The maximum atomic E-state index is 9.14. The van der Waals surface area contributed by atoms with Crippen LogP contribution in [0.25, 0.3) is 53.5 Å². The quantitative estimate of drug-likeness (QED) is 0.336. The van der Waals surface area contributed by atoms with Crippen molar-refractivity contribution in [2.75, 3.05) is 0 Å². The minimum absolute atomic E-state index is 0.102. The first kappa shape index (κ1) is 19.0. The van der Waals surface area contributed by atoms with Crippen LogP contribution in [0.4, 0.5) is 0 Å². The molecular weight excluding hydrogens is 415 g/mol. The van der Waals surface area contributed by atoms with E-state index in [2.05, 4.69) is 64.6 Å². The standard InChI is InChI=1S/C26H16BN2O2S/c30-27-31-26-28-22(16-6-2-1-3-7-16)15-23(29-26)19-10-11-24-20(13-19)21-12-17-8-4-5-9-18(17)14-25(21)32-24/h1-15,30H. The van der Waals surface area contributed by atoms with Gasteiger partial charge in [0.2, 0.25) is 0 Å². The molecule has 0 atom stereocenters. The molecule has 6 rings (SSSR count). The first-order chi connectivity index (χ1) is 15.8. The van der Waals surface area contributed by atoms with Gasteiger partial charge in [0, 0.05) is 31.3 Å². The van der Waals surface area contributed by atoms with E-state index < -0.39 is 0 Å². The van der Waals surface area contributed by atoms with Crippen LogP contribution in [0.2, 0.25) is 0 Å². The molecule has 4 aromatic carbocycles. The maximum absolute atomic E-state index is 9.14. The topological polar surface area (TPSA) is 55.2 Å². The summed E-state index contributed by atoms with van der Waals surface area (Å²) in [5.74, 6) is 0. The minimum Gasteiger partial charge on any atom is -0.509 e. The Kier molecular flexibility index (Phi) is 4.60. The maximum Gasteiger partial charge on any atom is 0.571 e. The number of nitrogens with zero attached hydrogens (tertiary/aromatic N) is 2. The van der Waals surface area contributed by atoms with Crippen LogP contribution in [-0.4, -0.2) is 22.7 Å². The van der Waals surface area contributed by atoms with Crippen molar-refractivity contribution in [3.8, 4) is 28.5 Å². The zero-order valence-electron chi connectivity index (χ0n) is 16.9. The van der Waals surface area contributed by atoms with Crippen LogP contribution >= 0.6 is 11.3 Å². The molecule has 32 heavy (non-hydrogen) atoms. The van der Waals surface area contributed by atoms with E-state index in [4.69, 9.17) is 9.68 Å². The Balaban J connectivity index is 1.54. The van der Waals surface area contributed by atoms with Gasteiger partial charge in [-0.1, -0.05) is 60.7 Å². The molecule has 6 aromatic rings. The van der Waals surface area contributed by atoms with Crippen molar-refractivity contribution < 1.29 is 9.68 Å². The number of hydrogen-bond acceptors (Lipinski definition) is 5.